The number of nitrogens with one attached hydrogen (secondary N) is 1. The van der Waals surface area contributed by atoms with Crippen LogP contribution in [0.1, 0.15) is 16.3 Å². The van der Waals surface area contributed by atoms with Crippen LogP contribution in [0.4, 0.5) is 10.1 Å². The minimum Gasteiger partial charge on any atom is -0.455 e. The molecular formula is C18H14FNO4S. The first-order chi connectivity index (χ1) is 11.9. The molecule has 128 valence electrons. The lowest BCUT2D eigenvalue weighted by atomic mass is 10.3. The van der Waals surface area contributed by atoms with Crippen LogP contribution in [0, 0.1) is 5.82 Å². The highest BCUT2D eigenvalue weighted by Gasteiger charge is 2.19. The van der Waals surface area contributed by atoms with Gasteiger partial charge in [0, 0.05) is 5.69 Å². The Labute approximate surface area is 144 Å². The standard InChI is InChI=1S/C18H14FNO4S/c19-13-6-8-14(9-7-13)20-18(21)17-11-10-15(24-17)12-25(22,23)16-4-2-1-3-5-16/h1-11H,12H2,(H,20,21). The molecule has 0 aliphatic rings. The number of sulfone groups is 1. The Bertz CT molecular complexity index is 979. The van der Waals surface area contributed by atoms with Gasteiger partial charge in [-0.2, -0.15) is 0 Å². The fraction of sp³-hybridized carbons (Fsp3) is 0.0556. The van der Waals surface area contributed by atoms with Gasteiger partial charge in [-0.25, -0.2) is 12.8 Å². The van der Waals surface area contributed by atoms with Crippen LogP contribution in [0.3, 0.4) is 0 Å². The van der Waals surface area contributed by atoms with Crippen LogP contribution >= 0.6 is 0 Å². The molecule has 7 heteroatoms. The second-order valence-corrected chi connectivity index (χ2v) is 7.29. The van der Waals surface area contributed by atoms with Crippen LogP contribution in [0.15, 0.2) is 76.0 Å². The van der Waals surface area contributed by atoms with Gasteiger partial charge in [-0.1, -0.05) is 18.2 Å². The summed E-state index contributed by atoms with van der Waals surface area (Å²) >= 11 is 0. The summed E-state index contributed by atoms with van der Waals surface area (Å²) in [6, 6.07) is 16.1. The van der Waals surface area contributed by atoms with Gasteiger partial charge in [0.05, 0.1) is 4.90 Å². The molecule has 0 atom stereocenters. The fourth-order valence-electron chi connectivity index (χ4n) is 2.20. The molecule has 5 nitrogen and oxygen atoms in total. The number of furan rings is 1. The van der Waals surface area contributed by atoms with Gasteiger partial charge in [0.2, 0.25) is 0 Å². The van der Waals surface area contributed by atoms with E-state index >= 15 is 0 Å². The largest absolute Gasteiger partial charge is 0.455 e. The number of amides is 1. The Morgan fingerprint density at radius 3 is 2.32 bits per heavy atom. The van der Waals surface area contributed by atoms with Crippen molar-refractivity contribution >= 4 is 21.4 Å². The average molecular weight is 359 g/mol. The molecule has 0 unspecified atom stereocenters. The van der Waals surface area contributed by atoms with Gasteiger partial charge in [0.25, 0.3) is 5.91 Å². The lowest BCUT2D eigenvalue weighted by Gasteiger charge is -2.03. The lowest BCUT2D eigenvalue weighted by Crippen LogP contribution is -2.11. The molecule has 0 radical (unpaired) electrons. The molecule has 1 heterocycles. The Hall–Kier alpha value is -2.93. The van der Waals surface area contributed by atoms with E-state index in [4.69, 9.17) is 4.42 Å². The van der Waals surface area contributed by atoms with E-state index in [0.717, 1.165) is 0 Å². The van der Waals surface area contributed by atoms with Crippen molar-refractivity contribution in [2.45, 2.75) is 10.6 Å². The molecule has 25 heavy (non-hydrogen) atoms. The van der Waals surface area contributed by atoms with E-state index in [9.17, 15) is 17.6 Å². The summed E-state index contributed by atoms with van der Waals surface area (Å²) in [5, 5.41) is 2.54. The first-order valence-electron chi connectivity index (χ1n) is 7.37. The van der Waals surface area contributed by atoms with Gasteiger partial charge in [0.1, 0.15) is 17.3 Å². The lowest BCUT2D eigenvalue weighted by molar-refractivity contribution is 0.0995. The van der Waals surface area contributed by atoms with Gasteiger partial charge in [-0.15, -0.1) is 0 Å². The van der Waals surface area contributed by atoms with Crippen molar-refractivity contribution in [2.24, 2.45) is 0 Å². The molecule has 0 aliphatic carbocycles. The van der Waals surface area contributed by atoms with Gasteiger partial charge >= 0.3 is 0 Å². The maximum Gasteiger partial charge on any atom is 0.291 e. The molecule has 2 aromatic carbocycles. The van der Waals surface area contributed by atoms with Crippen LogP contribution in [0.25, 0.3) is 0 Å². The molecule has 3 rings (SSSR count). The number of halogens is 1. The second kappa shape index (κ2) is 6.90. The van der Waals surface area contributed by atoms with Crippen LogP contribution in [0.5, 0.6) is 0 Å². The number of carbonyl (C=O) groups is 1. The van der Waals surface area contributed by atoms with Gasteiger partial charge < -0.3 is 9.73 Å². The van der Waals surface area contributed by atoms with E-state index in [0.29, 0.717) is 5.69 Å². The molecule has 0 saturated carbocycles. The number of rotatable bonds is 5. The van der Waals surface area contributed by atoms with Crippen LogP contribution in [-0.4, -0.2) is 14.3 Å². The Balaban J connectivity index is 1.72. The average Bonchev–Trinajstić information content (AvgIpc) is 3.06. The topological polar surface area (TPSA) is 76.4 Å². The van der Waals surface area contributed by atoms with E-state index in [1.807, 2.05) is 0 Å². The summed E-state index contributed by atoms with van der Waals surface area (Å²) in [6.07, 6.45) is 0. The second-order valence-electron chi connectivity index (χ2n) is 5.30. The molecule has 0 saturated heterocycles. The Morgan fingerprint density at radius 2 is 1.64 bits per heavy atom. The number of benzene rings is 2. The molecule has 0 spiro atoms. The van der Waals surface area contributed by atoms with Crippen molar-refractivity contribution in [2.75, 3.05) is 5.32 Å². The normalized spacial score (nSPS) is 11.2. The summed E-state index contributed by atoms with van der Waals surface area (Å²) in [7, 11) is -3.56. The maximum absolute atomic E-state index is 12.9. The van der Waals surface area contributed by atoms with E-state index < -0.39 is 21.6 Å². The van der Waals surface area contributed by atoms with Crippen molar-refractivity contribution in [3.05, 3.63) is 84.1 Å². The van der Waals surface area contributed by atoms with Crippen LogP contribution in [-0.2, 0) is 15.6 Å². The smallest absolute Gasteiger partial charge is 0.291 e. The molecule has 1 N–H and O–H groups in total. The van der Waals surface area contributed by atoms with Gasteiger partial charge in [-0.05, 0) is 48.5 Å². The SMILES string of the molecule is O=C(Nc1ccc(F)cc1)c1ccc(CS(=O)(=O)c2ccccc2)o1. The third kappa shape index (κ3) is 4.13. The Morgan fingerprint density at radius 1 is 0.960 bits per heavy atom. The molecule has 3 aromatic rings. The number of hydrogen-bond donors (Lipinski definition) is 1. The maximum atomic E-state index is 12.9. The van der Waals surface area contributed by atoms with Crippen LogP contribution in [0.2, 0.25) is 0 Å². The zero-order valence-electron chi connectivity index (χ0n) is 13.0. The number of carbonyl (C=O) groups excluding carboxylic acids is 1. The highest BCUT2D eigenvalue weighted by atomic mass is 32.2. The third-order valence-corrected chi connectivity index (χ3v) is 5.08. The van der Waals surface area contributed by atoms with Crippen molar-refractivity contribution in [1.82, 2.24) is 0 Å². The molecule has 0 fully saturated rings. The molecule has 0 bridgehead atoms. The molecule has 1 amide bonds. The number of hydrogen-bond acceptors (Lipinski definition) is 4. The molecule has 0 aliphatic heterocycles. The highest BCUT2D eigenvalue weighted by molar-refractivity contribution is 7.90. The molecular weight excluding hydrogens is 345 g/mol. The summed E-state index contributed by atoms with van der Waals surface area (Å²) in [6.45, 7) is 0. The summed E-state index contributed by atoms with van der Waals surface area (Å²) in [5.41, 5.74) is 0.404. The quantitative estimate of drug-likeness (QED) is 0.754. The zero-order chi connectivity index (χ0) is 17.9. The summed E-state index contributed by atoms with van der Waals surface area (Å²) < 4.78 is 42.8. The van der Waals surface area contributed by atoms with Crippen molar-refractivity contribution in [3.63, 3.8) is 0 Å². The van der Waals surface area contributed by atoms with E-state index in [2.05, 4.69) is 5.32 Å². The molecule has 1 aromatic heterocycles. The third-order valence-electron chi connectivity index (χ3n) is 3.42. The van der Waals surface area contributed by atoms with Gasteiger partial charge in [-0.3, -0.25) is 4.79 Å². The van der Waals surface area contributed by atoms with Gasteiger partial charge in [0.15, 0.2) is 15.6 Å². The Kier molecular flexibility index (Phi) is 4.67. The van der Waals surface area contributed by atoms with E-state index in [-0.39, 0.29) is 22.2 Å². The van der Waals surface area contributed by atoms with E-state index in [1.165, 1.54) is 48.5 Å². The van der Waals surface area contributed by atoms with Crippen molar-refractivity contribution < 1.29 is 22.0 Å². The van der Waals surface area contributed by atoms with Crippen molar-refractivity contribution in [1.29, 1.82) is 0 Å². The fourth-order valence-corrected chi connectivity index (χ4v) is 3.47. The summed E-state index contributed by atoms with van der Waals surface area (Å²) in [5.74, 6) is -1.17. The zero-order valence-corrected chi connectivity index (χ0v) is 13.8. The number of anilines is 1. The first-order valence-corrected chi connectivity index (χ1v) is 9.03. The predicted molar refractivity (Wildman–Crippen MR) is 90.4 cm³/mol. The monoisotopic (exact) mass is 359 g/mol. The highest BCUT2D eigenvalue weighted by Crippen LogP contribution is 2.19. The minimum absolute atomic E-state index is 0.0254. The van der Waals surface area contributed by atoms with Crippen molar-refractivity contribution in [3.8, 4) is 0 Å². The predicted octanol–water partition coefficient (Wildman–Crippen LogP) is 3.64. The van der Waals surface area contributed by atoms with E-state index in [1.54, 1.807) is 18.2 Å². The first kappa shape index (κ1) is 16.9. The van der Waals surface area contributed by atoms with Crippen LogP contribution < -0.4 is 5.32 Å². The summed E-state index contributed by atoms with van der Waals surface area (Å²) in [4.78, 5) is 12.3. The minimum atomic E-state index is -3.56.